The van der Waals surface area contributed by atoms with Crippen LogP contribution in [-0.2, 0) is 19.7 Å². The van der Waals surface area contributed by atoms with Crippen molar-refractivity contribution in [2.45, 2.75) is 32.4 Å². The normalized spacial score (nSPS) is 19.0. The van der Waals surface area contributed by atoms with E-state index < -0.39 is 42.3 Å². The van der Waals surface area contributed by atoms with Crippen LogP contribution in [0.5, 0.6) is 0 Å². The number of benzene rings is 7. The summed E-state index contributed by atoms with van der Waals surface area (Å²) in [5, 5.41) is 13.0. The second-order valence-electron chi connectivity index (χ2n) is 14.7. The van der Waals surface area contributed by atoms with Gasteiger partial charge in [-0.3, -0.25) is 10.0 Å². The highest BCUT2D eigenvalue weighted by atomic mass is 35.5. The molecule has 0 spiro atoms. The SMILES string of the molecule is O=S(=O)(c1ccc(Cl)cc1)C1C(c2ccc(Cl)cc2)=NN(c2ccccc2)C1c1ccc(C2C(S(=O)(=O)c3ccc(Cl)cc3)C(c3ccc(Cl)cc3)=NN2c2ccccc2)cc1. The fourth-order valence-corrected chi connectivity index (χ4v) is 12.3. The number of sulfone groups is 2. The Bertz CT molecular complexity index is 2820. The van der Waals surface area contributed by atoms with Gasteiger partial charge in [-0.15, -0.1) is 0 Å². The van der Waals surface area contributed by atoms with Crippen molar-refractivity contribution in [3.63, 3.8) is 0 Å². The Morgan fingerprint density at radius 3 is 0.968 bits per heavy atom. The predicted molar refractivity (Wildman–Crippen MR) is 251 cm³/mol. The van der Waals surface area contributed by atoms with Crippen molar-refractivity contribution >= 4 is 88.9 Å². The molecule has 0 radical (unpaired) electrons. The number of hydrogen-bond acceptors (Lipinski definition) is 8. The zero-order valence-electron chi connectivity index (χ0n) is 32.4. The molecule has 0 saturated carbocycles. The number of para-hydroxylation sites is 2. The van der Waals surface area contributed by atoms with Crippen molar-refractivity contribution < 1.29 is 16.8 Å². The molecule has 7 aromatic rings. The number of halogens is 4. The molecule has 2 aliphatic heterocycles. The molecule has 4 atom stereocenters. The summed E-state index contributed by atoms with van der Waals surface area (Å²) < 4.78 is 60.2. The molecule has 0 amide bonds. The van der Waals surface area contributed by atoms with Gasteiger partial charge in [0.1, 0.15) is 22.6 Å². The summed E-state index contributed by atoms with van der Waals surface area (Å²) in [4.78, 5) is 0.161. The van der Waals surface area contributed by atoms with Crippen LogP contribution in [0.3, 0.4) is 0 Å². The van der Waals surface area contributed by atoms with E-state index in [9.17, 15) is 0 Å². The Morgan fingerprint density at radius 2 is 0.661 bits per heavy atom. The zero-order chi connectivity index (χ0) is 43.2. The molecule has 14 heteroatoms. The molecule has 2 aliphatic rings. The lowest BCUT2D eigenvalue weighted by molar-refractivity contribution is 0.575. The molecule has 0 fully saturated rings. The summed E-state index contributed by atoms with van der Waals surface area (Å²) in [6.45, 7) is 0. The highest BCUT2D eigenvalue weighted by molar-refractivity contribution is 7.93. The van der Waals surface area contributed by atoms with Gasteiger partial charge in [-0.25, -0.2) is 16.8 Å². The van der Waals surface area contributed by atoms with Gasteiger partial charge >= 0.3 is 0 Å². The fourth-order valence-electron chi connectivity index (χ4n) is 8.01. The molecule has 2 heterocycles. The van der Waals surface area contributed by atoms with E-state index in [0.717, 1.165) is 0 Å². The zero-order valence-corrected chi connectivity index (χ0v) is 37.0. The van der Waals surface area contributed by atoms with Crippen LogP contribution in [0.15, 0.2) is 202 Å². The fraction of sp³-hybridized carbons (Fsp3) is 0.0833. The van der Waals surface area contributed by atoms with Gasteiger partial charge in [-0.1, -0.05) is 131 Å². The standard InChI is InChI=1S/C48H34Cl4N4O4S2/c49-35-19-15-31(16-20-35)43-47(61(57,58)41-27-23-37(51)24-28-41)45(55(53-43)39-7-3-1-4-8-39)33-11-13-34(14-12-33)46-48(62(59,60)42-29-25-38(52)26-30-42)44(32-17-21-36(50)22-18-32)54-56(46)40-9-5-2-6-10-40/h1-30,45-48H. The third kappa shape index (κ3) is 7.92. The van der Waals surface area contributed by atoms with Crippen molar-refractivity contribution in [1.82, 2.24) is 0 Å². The first-order valence-corrected chi connectivity index (χ1v) is 24.0. The van der Waals surface area contributed by atoms with Crippen LogP contribution in [0.4, 0.5) is 11.4 Å². The van der Waals surface area contributed by atoms with Crippen molar-refractivity contribution in [1.29, 1.82) is 0 Å². The van der Waals surface area contributed by atoms with Crippen molar-refractivity contribution in [2.24, 2.45) is 10.2 Å². The maximum absolute atomic E-state index is 15.1. The van der Waals surface area contributed by atoms with Crippen molar-refractivity contribution in [3.8, 4) is 0 Å². The van der Waals surface area contributed by atoms with Crippen LogP contribution in [0.2, 0.25) is 20.1 Å². The third-order valence-electron chi connectivity index (χ3n) is 11.0. The lowest BCUT2D eigenvalue weighted by Crippen LogP contribution is -2.38. The van der Waals surface area contributed by atoms with Crippen LogP contribution in [0.25, 0.3) is 0 Å². The molecular weight excluding hydrogens is 902 g/mol. The monoisotopic (exact) mass is 934 g/mol. The first-order valence-electron chi connectivity index (χ1n) is 19.4. The Hall–Kier alpha value is -5.46. The molecule has 62 heavy (non-hydrogen) atoms. The molecule has 7 aromatic carbocycles. The number of nitrogens with zero attached hydrogens (tertiary/aromatic N) is 4. The summed E-state index contributed by atoms with van der Waals surface area (Å²) in [5.74, 6) is 0. The number of hydrazone groups is 2. The summed E-state index contributed by atoms with van der Waals surface area (Å²) in [7, 11) is -8.33. The second kappa shape index (κ2) is 17.0. The molecule has 0 N–H and O–H groups in total. The summed E-state index contributed by atoms with van der Waals surface area (Å²) in [6.07, 6.45) is 0. The number of hydrogen-bond donors (Lipinski definition) is 0. The van der Waals surface area contributed by atoms with Crippen LogP contribution in [0.1, 0.15) is 34.3 Å². The minimum atomic E-state index is -4.16. The maximum Gasteiger partial charge on any atom is 0.189 e. The quantitative estimate of drug-likeness (QED) is 0.135. The Balaban J connectivity index is 1.22. The summed E-state index contributed by atoms with van der Waals surface area (Å²) in [6, 6.07) is 50.4. The molecule has 0 aliphatic carbocycles. The highest BCUT2D eigenvalue weighted by Gasteiger charge is 2.50. The third-order valence-corrected chi connectivity index (χ3v) is 16.1. The van der Waals surface area contributed by atoms with Gasteiger partial charge in [-0.05, 0) is 119 Å². The van der Waals surface area contributed by atoms with Gasteiger partial charge in [0, 0.05) is 20.1 Å². The molecule has 4 unspecified atom stereocenters. The minimum Gasteiger partial charge on any atom is -0.256 e. The van der Waals surface area contributed by atoms with E-state index in [1.807, 2.05) is 84.9 Å². The van der Waals surface area contributed by atoms with Crippen LogP contribution in [-0.4, -0.2) is 38.8 Å². The van der Waals surface area contributed by atoms with E-state index in [2.05, 4.69) is 0 Å². The van der Waals surface area contributed by atoms with Crippen LogP contribution < -0.4 is 10.0 Å². The van der Waals surface area contributed by atoms with E-state index in [0.29, 0.717) is 65.1 Å². The van der Waals surface area contributed by atoms with E-state index >= 15 is 16.8 Å². The molecule has 0 bridgehead atoms. The van der Waals surface area contributed by atoms with Gasteiger partial charge in [0.05, 0.1) is 32.6 Å². The topological polar surface area (TPSA) is 99.5 Å². The minimum absolute atomic E-state index is 0.0803. The van der Waals surface area contributed by atoms with Gasteiger partial charge in [0.25, 0.3) is 0 Å². The molecule has 310 valence electrons. The van der Waals surface area contributed by atoms with E-state index in [1.54, 1.807) is 82.8 Å². The van der Waals surface area contributed by atoms with Crippen molar-refractivity contribution in [3.05, 3.63) is 224 Å². The first kappa shape index (κ1) is 41.9. The molecule has 8 nitrogen and oxygen atoms in total. The second-order valence-corrected chi connectivity index (χ2v) is 20.6. The lowest BCUT2D eigenvalue weighted by Gasteiger charge is -2.31. The molecular formula is C48H34Cl4N4O4S2. The van der Waals surface area contributed by atoms with Gasteiger partial charge < -0.3 is 0 Å². The largest absolute Gasteiger partial charge is 0.256 e. The Kier molecular flexibility index (Phi) is 11.5. The number of rotatable bonds is 10. The molecule has 0 saturated heterocycles. The maximum atomic E-state index is 15.1. The van der Waals surface area contributed by atoms with Gasteiger partial charge in [0.2, 0.25) is 0 Å². The number of anilines is 2. The van der Waals surface area contributed by atoms with E-state index in [-0.39, 0.29) is 9.79 Å². The molecule has 9 rings (SSSR count). The summed E-state index contributed by atoms with van der Waals surface area (Å²) >= 11 is 25.1. The average molecular weight is 937 g/mol. The Morgan fingerprint density at radius 1 is 0.371 bits per heavy atom. The van der Waals surface area contributed by atoms with Crippen LogP contribution >= 0.6 is 46.4 Å². The highest BCUT2D eigenvalue weighted by Crippen LogP contribution is 2.46. The van der Waals surface area contributed by atoms with E-state index in [1.165, 1.54) is 24.3 Å². The van der Waals surface area contributed by atoms with Crippen LogP contribution in [0, 0.1) is 0 Å². The summed E-state index contributed by atoms with van der Waals surface area (Å²) in [5.41, 5.74) is 4.41. The predicted octanol–water partition coefficient (Wildman–Crippen LogP) is 11.9. The lowest BCUT2D eigenvalue weighted by atomic mass is 9.93. The van der Waals surface area contributed by atoms with E-state index in [4.69, 9.17) is 56.6 Å². The van der Waals surface area contributed by atoms with Gasteiger partial charge in [0.15, 0.2) is 19.7 Å². The average Bonchev–Trinajstić information content (AvgIpc) is 3.90. The molecule has 0 aromatic heterocycles. The smallest absolute Gasteiger partial charge is 0.189 e. The Labute approximate surface area is 380 Å². The van der Waals surface area contributed by atoms with Gasteiger partial charge in [-0.2, -0.15) is 10.2 Å². The first-order chi connectivity index (χ1) is 29.9. The van der Waals surface area contributed by atoms with Crippen molar-refractivity contribution in [2.75, 3.05) is 10.0 Å².